The molecule has 2 heterocycles. The van der Waals surface area contributed by atoms with Crippen LogP contribution in [-0.4, -0.2) is 52.0 Å². The summed E-state index contributed by atoms with van der Waals surface area (Å²) in [6.07, 6.45) is -0.428. The molecule has 4 rings (SSSR count). The summed E-state index contributed by atoms with van der Waals surface area (Å²) in [4.78, 5) is 43.1. The van der Waals surface area contributed by atoms with Gasteiger partial charge in [-0.15, -0.1) is 16.2 Å². The van der Waals surface area contributed by atoms with E-state index in [1.165, 1.54) is 4.90 Å². The number of aliphatic hydroxyl groups is 1. The van der Waals surface area contributed by atoms with Gasteiger partial charge in [-0.25, -0.2) is 4.98 Å². The van der Waals surface area contributed by atoms with Crippen molar-refractivity contribution >= 4 is 49.3 Å². The number of nitroso groups, excluding NO2 is 1. The number of fused-ring (bicyclic) bond motifs is 1. The molecule has 1 fully saturated rings. The number of piperidine rings is 1. The number of hydrogen-bond acceptors (Lipinski definition) is 7. The molecule has 178 valence electrons. The van der Waals surface area contributed by atoms with E-state index in [2.05, 4.69) is 26.4 Å². The number of nitrogens with zero attached hydrogens (tertiary/aromatic N) is 3. The van der Waals surface area contributed by atoms with Crippen molar-refractivity contribution in [3.8, 4) is 0 Å². The van der Waals surface area contributed by atoms with Gasteiger partial charge in [0.05, 0.1) is 21.3 Å². The van der Waals surface area contributed by atoms with Crippen LogP contribution >= 0.6 is 27.3 Å². The van der Waals surface area contributed by atoms with Crippen molar-refractivity contribution in [2.24, 2.45) is 5.18 Å². The largest absolute Gasteiger partial charge is 0.380 e. The summed E-state index contributed by atoms with van der Waals surface area (Å²) in [5, 5.41) is 17.0. The Bertz CT molecular complexity index is 1140. The highest BCUT2D eigenvalue weighted by Crippen LogP contribution is 2.34. The van der Waals surface area contributed by atoms with Crippen molar-refractivity contribution < 1.29 is 14.7 Å². The summed E-state index contributed by atoms with van der Waals surface area (Å²) >= 11 is 5.02. The van der Waals surface area contributed by atoms with Crippen molar-refractivity contribution in [3.05, 3.63) is 68.5 Å². The number of likely N-dealkylation sites (tertiary alicyclic amines) is 1. The number of thiazole rings is 1. The van der Waals surface area contributed by atoms with Gasteiger partial charge in [0.15, 0.2) is 6.10 Å². The number of aromatic nitrogens is 1. The molecule has 3 atom stereocenters. The molecule has 2 N–H and O–H groups in total. The van der Waals surface area contributed by atoms with Gasteiger partial charge in [0, 0.05) is 23.5 Å². The predicted octanol–water partition coefficient (Wildman–Crippen LogP) is 4.14. The molecule has 1 unspecified atom stereocenters. The minimum Gasteiger partial charge on any atom is -0.380 e. The monoisotopic (exact) mass is 544 g/mol. The van der Waals surface area contributed by atoms with E-state index in [0.29, 0.717) is 25.9 Å². The first-order chi connectivity index (χ1) is 16.4. The van der Waals surface area contributed by atoms with Crippen molar-refractivity contribution in [1.82, 2.24) is 15.2 Å². The van der Waals surface area contributed by atoms with Crippen molar-refractivity contribution in [1.29, 1.82) is 0 Å². The molecule has 0 saturated carbocycles. The van der Waals surface area contributed by atoms with Crippen LogP contribution in [0.4, 0.5) is 0 Å². The van der Waals surface area contributed by atoms with E-state index >= 15 is 0 Å². The van der Waals surface area contributed by atoms with E-state index in [0.717, 1.165) is 25.3 Å². The summed E-state index contributed by atoms with van der Waals surface area (Å²) in [5.41, 5.74) is 1.79. The Morgan fingerprint density at radius 2 is 1.85 bits per heavy atom. The summed E-state index contributed by atoms with van der Waals surface area (Å²) in [5.74, 6) is -1.21. The second kappa shape index (κ2) is 10.7. The Morgan fingerprint density at radius 1 is 1.18 bits per heavy atom. The number of carbonyl (C=O) groups is 2. The van der Waals surface area contributed by atoms with Crippen LogP contribution in [0.5, 0.6) is 0 Å². The number of amides is 2. The van der Waals surface area contributed by atoms with E-state index in [-0.39, 0.29) is 5.92 Å². The molecule has 3 aromatic rings. The zero-order valence-electron chi connectivity index (χ0n) is 18.6. The predicted molar refractivity (Wildman–Crippen MR) is 134 cm³/mol. The topological polar surface area (TPSA) is 112 Å². The van der Waals surface area contributed by atoms with E-state index in [4.69, 9.17) is 4.98 Å². The van der Waals surface area contributed by atoms with Crippen LogP contribution in [0, 0.1) is 4.91 Å². The molecule has 10 heteroatoms. The highest BCUT2D eigenvalue weighted by Gasteiger charge is 2.38. The van der Waals surface area contributed by atoms with Crippen LogP contribution in [0.3, 0.4) is 0 Å². The van der Waals surface area contributed by atoms with E-state index in [9.17, 15) is 19.6 Å². The van der Waals surface area contributed by atoms with Crippen molar-refractivity contribution in [3.63, 3.8) is 0 Å². The zero-order chi connectivity index (χ0) is 24.2. The van der Waals surface area contributed by atoms with Crippen LogP contribution in [0.2, 0.25) is 0 Å². The fraction of sp³-hybridized carbons (Fsp3) is 0.375. The van der Waals surface area contributed by atoms with Gasteiger partial charge in [0.25, 0.3) is 11.8 Å². The lowest BCUT2D eigenvalue weighted by molar-refractivity contribution is -0.145. The molecule has 8 nitrogen and oxygen atoms in total. The zero-order valence-corrected chi connectivity index (χ0v) is 21.0. The minimum absolute atomic E-state index is 0.230. The minimum atomic E-state index is -1.83. The van der Waals surface area contributed by atoms with E-state index in [1.54, 1.807) is 18.3 Å². The first-order valence-electron chi connectivity index (χ1n) is 11.1. The lowest BCUT2D eigenvalue weighted by atomic mass is 9.96. The van der Waals surface area contributed by atoms with E-state index < -0.39 is 30.0 Å². The van der Waals surface area contributed by atoms with Crippen LogP contribution in [0.25, 0.3) is 10.2 Å². The summed E-state index contributed by atoms with van der Waals surface area (Å²) in [6.45, 7) is 2.59. The van der Waals surface area contributed by atoms with Crippen LogP contribution < -0.4 is 5.32 Å². The van der Waals surface area contributed by atoms with Gasteiger partial charge < -0.3 is 15.3 Å². The molecule has 1 aliphatic rings. The molecule has 1 saturated heterocycles. The molecule has 0 aliphatic carbocycles. The molecular formula is C24H25BrN4O4S. The number of carbonyl (C=O) groups excluding carboxylic acids is 2. The molecule has 0 radical (unpaired) electrons. The normalized spacial score (nSPS) is 17.2. The fourth-order valence-corrected chi connectivity index (χ4v) is 5.52. The molecular weight excluding hydrogens is 520 g/mol. The third kappa shape index (κ3) is 5.34. The lowest BCUT2D eigenvalue weighted by Crippen LogP contribution is -2.51. The second-order valence-electron chi connectivity index (χ2n) is 8.40. The second-order valence-corrected chi connectivity index (χ2v) is 10.4. The van der Waals surface area contributed by atoms with Gasteiger partial charge in [-0.05, 0) is 49.6 Å². The van der Waals surface area contributed by atoms with Crippen LogP contribution in [0.15, 0.2) is 58.2 Å². The Balaban J connectivity index is 1.34. The maximum atomic E-state index is 12.9. The molecule has 1 aromatic heterocycles. The highest BCUT2D eigenvalue weighted by atomic mass is 79.9. The number of nitrogens with one attached hydrogen (secondary N) is 1. The molecule has 2 amide bonds. The molecule has 2 aromatic carbocycles. The molecule has 0 bridgehead atoms. The first-order valence-corrected chi connectivity index (χ1v) is 12.7. The lowest BCUT2D eigenvalue weighted by Gasteiger charge is -2.33. The SMILES string of the molecule is CC(NC(=O)[C@H](N=O)[C@@H](O)C(=O)N1CCC(c2nc3ccccc3s2)CC1)c1ccc(Br)cc1. The maximum absolute atomic E-state index is 12.9. The Kier molecular flexibility index (Phi) is 7.70. The Morgan fingerprint density at radius 3 is 2.50 bits per heavy atom. The molecule has 34 heavy (non-hydrogen) atoms. The number of aliphatic hydroxyl groups excluding tert-OH is 1. The molecule has 0 spiro atoms. The fourth-order valence-electron chi connectivity index (χ4n) is 4.12. The van der Waals surface area contributed by atoms with E-state index in [1.807, 2.05) is 48.5 Å². The smallest absolute Gasteiger partial charge is 0.254 e. The average molecular weight is 545 g/mol. The van der Waals surface area contributed by atoms with Gasteiger partial charge >= 0.3 is 0 Å². The van der Waals surface area contributed by atoms with Crippen molar-refractivity contribution in [2.75, 3.05) is 13.1 Å². The number of benzene rings is 2. The third-order valence-corrected chi connectivity index (χ3v) is 7.86. The number of hydrogen-bond donors (Lipinski definition) is 2. The number of halogens is 1. The number of para-hydroxylation sites is 1. The van der Waals surface area contributed by atoms with Crippen molar-refractivity contribution in [2.45, 2.75) is 43.9 Å². The summed E-state index contributed by atoms with van der Waals surface area (Å²) in [7, 11) is 0. The standard InChI is InChI=1S/C24H25BrN4O4S/c1-14(15-6-8-17(25)9-7-15)26-22(31)20(28-33)21(30)24(32)29-12-10-16(11-13-29)23-27-18-4-2-3-5-19(18)34-23/h2-9,14,16,20-21,30H,10-13H2,1H3,(H,26,31)/t14?,20-,21-/m1/s1. The van der Waals surface area contributed by atoms with Gasteiger partial charge in [-0.3, -0.25) is 9.59 Å². The average Bonchev–Trinajstić information content (AvgIpc) is 3.29. The van der Waals surface area contributed by atoms with Crippen LogP contribution in [-0.2, 0) is 9.59 Å². The summed E-state index contributed by atoms with van der Waals surface area (Å²) in [6, 6.07) is 13.2. The summed E-state index contributed by atoms with van der Waals surface area (Å²) < 4.78 is 2.03. The van der Waals surface area contributed by atoms with Crippen LogP contribution in [0.1, 0.15) is 42.3 Å². The maximum Gasteiger partial charge on any atom is 0.254 e. The van der Waals surface area contributed by atoms with Gasteiger partial charge in [0.2, 0.25) is 6.04 Å². The molecule has 1 aliphatic heterocycles. The third-order valence-electron chi connectivity index (χ3n) is 6.13. The van der Waals surface area contributed by atoms with Gasteiger partial charge in [0.1, 0.15) is 0 Å². The Labute approximate surface area is 209 Å². The number of rotatable bonds is 7. The highest BCUT2D eigenvalue weighted by molar-refractivity contribution is 9.10. The Hall–Kier alpha value is -2.69. The van der Waals surface area contributed by atoms with Gasteiger partial charge in [-0.1, -0.05) is 45.4 Å². The van der Waals surface area contributed by atoms with Gasteiger partial charge in [-0.2, -0.15) is 0 Å². The first kappa shape index (κ1) is 24.4. The quantitative estimate of drug-likeness (QED) is 0.434.